The first-order valence-electron chi connectivity index (χ1n) is 3.46. The first kappa shape index (κ1) is 10.5. The van der Waals surface area contributed by atoms with E-state index in [1.165, 1.54) is 6.92 Å². The highest BCUT2D eigenvalue weighted by molar-refractivity contribution is 14.1. The van der Waals surface area contributed by atoms with Gasteiger partial charge in [-0.05, 0) is 41.6 Å². The Morgan fingerprint density at radius 1 is 1.62 bits per heavy atom. The first-order chi connectivity index (χ1) is 6.06. The average molecular weight is 306 g/mol. The van der Waals surface area contributed by atoms with Crippen LogP contribution in [0.1, 0.15) is 22.8 Å². The van der Waals surface area contributed by atoms with Gasteiger partial charge in [-0.25, -0.2) is 0 Å². The molecule has 0 N–H and O–H groups in total. The zero-order valence-corrected chi connectivity index (χ0v) is 9.68. The van der Waals surface area contributed by atoms with Crippen molar-refractivity contribution in [2.75, 3.05) is 0 Å². The molecule has 1 rings (SSSR count). The third-order valence-electron chi connectivity index (χ3n) is 1.53. The van der Waals surface area contributed by atoms with Crippen molar-refractivity contribution < 1.29 is 4.79 Å². The predicted molar refractivity (Wildman–Crippen MR) is 58.9 cm³/mol. The number of hydrogen-bond donors (Lipinski definition) is 0. The minimum Gasteiger partial charge on any atom is -0.294 e. The van der Waals surface area contributed by atoms with Crippen LogP contribution in [0.25, 0.3) is 0 Å². The van der Waals surface area contributed by atoms with Gasteiger partial charge in [0.15, 0.2) is 5.78 Å². The van der Waals surface area contributed by atoms with Crippen LogP contribution >= 0.6 is 34.2 Å². The Morgan fingerprint density at radius 3 is 2.69 bits per heavy atom. The van der Waals surface area contributed by atoms with Crippen LogP contribution in [0.4, 0.5) is 0 Å². The molecule has 0 bridgehead atoms. The van der Waals surface area contributed by atoms with Crippen LogP contribution in [0.5, 0.6) is 0 Å². The highest BCUT2D eigenvalue weighted by Gasteiger charge is 2.12. The van der Waals surface area contributed by atoms with Crippen molar-refractivity contribution in [3.05, 3.63) is 31.9 Å². The number of carbonyl (C=O) groups excluding carboxylic acids is 1. The van der Waals surface area contributed by atoms with Crippen LogP contribution in [0.2, 0.25) is 5.02 Å². The van der Waals surface area contributed by atoms with E-state index < -0.39 is 0 Å². The van der Waals surface area contributed by atoms with Crippen LogP contribution in [-0.4, -0.2) is 5.78 Å². The molecule has 1 aromatic rings. The Bertz CT molecular complexity index is 409. The molecule has 0 heterocycles. The molecule has 4 heteroatoms. The first-order valence-corrected chi connectivity index (χ1v) is 4.92. The fourth-order valence-corrected chi connectivity index (χ4v) is 2.18. The topological polar surface area (TPSA) is 40.9 Å². The summed E-state index contributed by atoms with van der Waals surface area (Å²) in [4.78, 5) is 11.1. The van der Waals surface area contributed by atoms with Gasteiger partial charge in [-0.3, -0.25) is 4.79 Å². The molecule has 0 aliphatic carbocycles. The van der Waals surface area contributed by atoms with Crippen molar-refractivity contribution in [3.63, 3.8) is 0 Å². The predicted octanol–water partition coefficient (Wildman–Crippen LogP) is 3.02. The lowest BCUT2D eigenvalue weighted by Gasteiger charge is -2.02. The molecule has 13 heavy (non-hydrogen) atoms. The molecular formula is C9H5ClINO. The number of benzene rings is 1. The van der Waals surface area contributed by atoms with Crippen molar-refractivity contribution in [2.45, 2.75) is 6.92 Å². The van der Waals surface area contributed by atoms with E-state index in [1.54, 1.807) is 12.1 Å². The summed E-state index contributed by atoms with van der Waals surface area (Å²) in [7, 11) is 0. The minimum atomic E-state index is -0.182. The van der Waals surface area contributed by atoms with Gasteiger partial charge in [0.2, 0.25) is 0 Å². The van der Waals surface area contributed by atoms with Crippen molar-refractivity contribution in [1.29, 1.82) is 5.26 Å². The highest BCUT2D eigenvalue weighted by Crippen LogP contribution is 2.23. The summed E-state index contributed by atoms with van der Waals surface area (Å²) in [6, 6.07) is 5.26. The van der Waals surface area contributed by atoms with E-state index in [0.29, 0.717) is 16.1 Å². The largest absolute Gasteiger partial charge is 0.294 e. The molecule has 1 aromatic carbocycles. The second-order valence-corrected chi connectivity index (χ2v) is 4.13. The Labute approximate surface area is 94.6 Å². The maximum atomic E-state index is 11.1. The van der Waals surface area contributed by atoms with Gasteiger partial charge in [0.25, 0.3) is 0 Å². The van der Waals surface area contributed by atoms with E-state index >= 15 is 0 Å². The van der Waals surface area contributed by atoms with Crippen LogP contribution in [0, 0.1) is 14.9 Å². The van der Waals surface area contributed by atoms with E-state index in [2.05, 4.69) is 0 Å². The Hall–Kier alpha value is -0.600. The van der Waals surface area contributed by atoms with Gasteiger partial charge < -0.3 is 0 Å². The molecule has 0 atom stereocenters. The number of hydrogen-bond acceptors (Lipinski definition) is 2. The van der Waals surface area contributed by atoms with E-state index in [1.807, 2.05) is 28.7 Å². The molecule has 2 nitrogen and oxygen atoms in total. The molecule has 0 aliphatic heterocycles. The second kappa shape index (κ2) is 4.07. The quantitative estimate of drug-likeness (QED) is 0.591. The normalized spacial score (nSPS) is 9.38. The maximum absolute atomic E-state index is 11.1. The molecule has 66 valence electrons. The molecule has 0 fully saturated rings. The van der Waals surface area contributed by atoms with Crippen LogP contribution in [-0.2, 0) is 0 Å². The lowest BCUT2D eigenvalue weighted by molar-refractivity contribution is 0.101. The number of nitrogens with zero attached hydrogens (tertiary/aromatic N) is 1. The fraction of sp³-hybridized carbons (Fsp3) is 0.111. The Kier molecular flexibility index (Phi) is 3.28. The number of carbonyl (C=O) groups is 1. The fourth-order valence-electron chi connectivity index (χ4n) is 1.02. The number of nitriles is 1. The average Bonchev–Trinajstić information content (AvgIpc) is 2.01. The van der Waals surface area contributed by atoms with Crippen LogP contribution in [0.3, 0.4) is 0 Å². The smallest absolute Gasteiger partial charge is 0.162 e. The van der Waals surface area contributed by atoms with Gasteiger partial charge in [-0.2, -0.15) is 5.26 Å². The van der Waals surface area contributed by atoms with Crippen LogP contribution in [0.15, 0.2) is 12.1 Å². The molecule has 0 aliphatic rings. The zero-order valence-electron chi connectivity index (χ0n) is 6.77. The van der Waals surface area contributed by atoms with Gasteiger partial charge in [0.1, 0.15) is 0 Å². The van der Waals surface area contributed by atoms with Gasteiger partial charge in [0.05, 0.1) is 22.2 Å². The third kappa shape index (κ3) is 2.20. The molecular weight excluding hydrogens is 300 g/mol. The number of rotatable bonds is 1. The van der Waals surface area contributed by atoms with Crippen molar-refractivity contribution in [1.82, 2.24) is 0 Å². The van der Waals surface area contributed by atoms with Gasteiger partial charge in [-0.1, -0.05) is 11.6 Å². The van der Waals surface area contributed by atoms with E-state index in [4.69, 9.17) is 16.9 Å². The number of halogens is 2. The summed E-state index contributed by atoms with van der Waals surface area (Å²) in [5, 5.41) is 9.10. The maximum Gasteiger partial charge on any atom is 0.162 e. The minimum absolute atomic E-state index is 0.182. The van der Waals surface area contributed by atoms with Crippen molar-refractivity contribution >= 4 is 40.0 Å². The van der Waals surface area contributed by atoms with Gasteiger partial charge in [0, 0.05) is 3.57 Å². The van der Waals surface area contributed by atoms with E-state index in [0.717, 1.165) is 3.57 Å². The summed E-state index contributed by atoms with van der Waals surface area (Å²) < 4.78 is 0.851. The van der Waals surface area contributed by atoms with Crippen LogP contribution < -0.4 is 0 Å². The molecule has 0 unspecified atom stereocenters. The van der Waals surface area contributed by atoms with Crippen molar-refractivity contribution in [2.24, 2.45) is 0 Å². The zero-order chi connectivity index (χ0) is 10.0. The summed E-state index contributed by atoms with van der Waals surface area (Å²) in [6.45, 7) is 1.40. The second-order valence-electron chi connectivity index (χ2n) is 2.48. The molecule has 0 saturated heterocycles. The number of Topliss-reactive ketones (excluding diaryl/α,β-unsaturated/α-hetero) is 1. The summed E-state index contributed by atoms with van der Waals surface area (Å²) >= 11 is 7.88. The van der Waals surface area contributed by atoms with Gasteiger partial charge in [-0.15, -0.1) is 0 Å². The van der Waals surface area contributed by atoms with Crippen molar-refractivity contribution in [3.8, 4) is 6.07 Å². The Balaban J connectivity index is 3.50. The monoisotopic (exact) mass is 305 g/mol. The summed E-state index contributed by atoms with van der Waals surface area (Å²) in [6.07, 6.45) is 0. The van der Waals surface area contributed by atoms with E-state index in [9.17, 15) is 4.79 Å². The SMILES string of the molecule is CC(=O)c1c(Cl)cc(I)cc1C#N. The van der Waals surface area contributed by atoms with Gasteiger partial charge >= 0.3 is 0 Å². The lowest BCUT2D eigenvalue weighted by Crippen LogP contribution is -1.98. The number of ketones is 1. The van der Waals surface area contributed by atoms with E-state index in [-0.39, 0.29) is 5.78 Å². The summed E-state index contributed by atoms with van der Waals surface area (Å²) in [5.41, 5.74) is 0.647. The molecule has 0 spiro atoms. The lowest BCUT2D eigenvalue weighted by atomic mass is 10.1. The Morgan fingerprint density at radius 2 is 2.23 bits per heavy atom. The summed E-state index contributed by atoms with van der Waals surface area (Å²) in [5.74, 6) is -0.182. The molecule has 0 saturated carbocycles. The highest BCUT2D eigenvalue weighted by atomic mass is 127. The third-order valence-corrected chi connectivity index (χ3v) is 2.45. The molecule has 0 amide bonds. The molecule has 0 radical (unpaired) electrons. The molecule has 0 aromatic heterocycles. The standard InChI is InChI=1S/C9H5ClINO/c1-5(13)9-6(4-12)2-7(11)3-8(9)10/h2-3H,1H3.